The summed E-state index contributed by atoms with van der Waals surface area (Å²) in [4.78, 5) is 14.0. The van der Waals surface area contributed by atoms with Crippen molar-refractivity contribution < 1.29 is 14.6 Å². The highest BCUT2D eigenvalue weighted by molar-refractivity contribution is 5.81. The van der Waals surface area contributed by atoms with Gasteiger partial charge in [-0.1, -0.05) is 6.92 Å². The molecule has 92 valence electrons. The highest BCUT2D eigenvalue weighted by Gasteiger charge is 2.39. The number of carbonyl (C=O) groups is 1. The second-order valence-corrected chi connectivity index (χ2v) is 5.06. The number of likely N-dealkylation sites (tertiary alicyclic amines) is 1. The Balaban J connectivity index is 1.99. The van der Waals surface area contributed by atoms with E-state index in [1.165, 1.54) is 0 Å². The molecular formula is C12H21NO3. The van der Waals surface area contributed by atoms with Crippen molar-refractivity contribution in [3.05, 3.63) is 0 Å². The van der Waals surface area contributed by atoms with E-state index in [9.17, 15) is 9.90 Å². The van der Waals surface area contributed by atoms with Gasteiger partial charge in [-0.05, 0) is 32.1 Å². The molecule has 0 aromatic carbocycles. The normalized spacial score (nSPS) is 39.3. The Hall–Kier alpha value is -0.610. The van der Waals surface area contributed by atoms with Gasteiger partial charge < -0.3 is 14.7 Å². The Morgan fingerprint density at radius 1 is 1.38 bits per heavy atom. The Morgan fingerprint density at radius 3 is 2.69 bits per heavy atom. The molecule has 4 heteroatoms. The van der Waals surface area contributed by atoms with Crippen LogP contribution in [-0.4, -0.2) is 47.3 Å². The first-order valence-corrected chi connectivity index (χ1v) is 6.20. The van der Waals surface area contributed by atoms with Crippen LogP contribution in [0.2, 0.25) is 0 Å². The fourth-order valence-electron chi connectivity index (χ4n) is 2.73. The molecule has 0 aromatic rings. The maximum atomic E-state index is 12.2. The lowest BCUT2D eigenvalue weighted by Crippen LogP contribution is -2.45. The molecule has 2 aliphatic heterocycles. The van der Waals surface area contributed by atoms with Crippen molar-refractivity contribution in [2.45, 2.75) is 51.4 Å². The fraction of sp³-hybridized carbons (Fsp3) is 0.917. The first-order valence-electron chi connectivity index (χ1n) is 6.20. The minimum atomic E-state index is -0.269. The van der Waals surface area contributed by atoms with Gasteiger partial charge in [0, 0.05) is 6.54 Å². The maximum Gasteiger partial charge on any atom is 0.252 e. The van der Waals surface area contributed by atoms with Gasteiger partial charge >= 0.3 is 0 Å². The zero-order valence-corrected chi connectivity index (χ0v) is 10.1. The van der Waals surface area contributed by atoms with Gasteiger partial charge in [-0.25, -0.2) is 0 Å². The highest BCUT2D eigenvalue weighted by Crippen LogP contribution is 2.28. The number of ether oxygens (including phenoxy) is 1. The molecule has 2 saturated heterocycles. The Kier molecular flexibility index (Phi) is 3.50. The first-order chi connectivity index (χ1) is 7.63. The third-order valence-electron chi connectivity index (χ3n) is 3.86. The molecule has 0 saturated carbocycles. The largest absolute Gasteiger partial charge is 0.394 e. The molecule has 2 aliphatic rings. The molecule has 2 heterocycles. The Labute approximate surface area is 96.6 Å². The lowest BCUT2D eigenvalue weighted by atomic mass is 10.0. The van der Waals surface area contributed by atoms with Crippen molar-refractivity contribution >= 4 is 5.91 Å². The predicted molar refractivity (Wildman–Crippen MR) is 59.9 cm³/mol. The number of aliphatic hydroxyl groups excluding tert-OH is 1. The molecule has 2 fully saturated rings. The van der Waals surface area contributed by atoms with E-state index in [1.54, 1.807) is 0 Å². The minimum Gasteiger partial charge on any atom is -0.394 e. The van der Waals surface area contributed by atoms with Gasteiger partial charge in [0.1, 0.15) is 6.10 Å². The summed E-state index contributed by atoms with van der Waals surface area (Å²) < 4.78 is 5.59. The van der Waals surface area contributed by atoms with Crippen molar-refractivity contribution in [3.63, 3.8) is 0 Å². The number of hydrogen-bond donors (Lipinski definition) is 1. The van der Waals surface area contributed by atoms with Crippen LogP contribution in [-0.2, 0) is 9.53 Å². The number of hydrogen-bond acceptors (Lipinski definition) is 3. The number of aliphatic hydroxyl groups is 1. The van der Waals surface area contributed by atoms with E-state index < -0.39 is 0 Å². The van der Waals surface area contributed by atoms with Gasteiger partial charge in [0.15, 0.2) is 0 Å². The summed E-state index contributed by atoms with van der Waals surface area (Å²) in [6.45, 7) is 4.92. The minimum absolute atomic E-state index is 0.00740. The predicted octanol–water partition coefficient (Wildman–Crippen LogP) is 0.783. The summed E-state index contributed by atoms with van der Waals surface area (Å²) in [5, 5.41) is 9.32. The third kappa shape index (κ3) is 2.09. The molecular weight excluding hydrogens is 206 g/mol. The molecule has 0 aromatic heterocycles. The summed E-state index contributed by atoms with van der Waals surface area (Å²) in [5.74, 6) is 0.473. The molecule has 1 N–H and O–H groups in total. The number of carbonyl (C=O) groups excluding carboxylic acids is 1. The monoisotopic (exact) mass is 227 g/mol. The third-order valence-corrected chi connectivity index (χ3v) is 3.86. The highest BCUT2D eigenvalue weighted by atomic mass is 16.5. The molecule has 4 unspecified atom stereocenters. The van der Waals surface area contributed by atoms with Crippen LogP contribution < -0.4 is 0 Å². The molecule has 0 bridgehead atoms. The fourth-order valence-corrected chi connectivity index (χ4v) is 2.73. The van der Waals surface area contributed by atoms with E-state index >= 15 is 0 Å². The average Bonchev–Trinajstić information content (AvgIpc) is 2.83. The van der Waals surface area contributed by atoms with Crippen LogP contribution in [0.3, 0.4) is 0 Å². The molecule has 0 spiro atoms. The average molecular weight is 227 g/mol. The van der Waals surface area contributed by atoms with Crippen molar-refractivity contribution in [1.29, 1.82) is 0 Å². The van der Waals surface area contributed by atoms with E-state index in [0.29, 0.717) is 5.92 Å². The molecule has 2 rings (SSSR count). The maximum absolute atomic E-state index is 12.2. The van der Waals surface area contributed by atoms with E-state index in [2.05, 4.69) is 6.92 Å². The number of rotatable bonds is 2. The van der Waals surface area contributed by atoms with E-state index in [0.717, 1.165) is 25.8 Å². The molecule has 0 aliphatic carbocycles. The van der Waals surface area contributed by atoms with Crippen molar-refractivity contribution in [2.24, 2.45) is 5.92 Å². The molecule has 1 amide bonds. The molecule has 4 atom stereocenters. The Bertz CT molecular complexity index is 269. The molecule has 0 radical (unpaired) electrons. The second-order valence-electron chi connectivity index (χ2n) is 5.06. The first kappa shape index (κ1) is 11.9. The van der Waals surface area contributed by atoms with Crippen LogP contribution in [0.5, 0.6) is 0 Å². The summed E-state index contributed by atoms with van der Waals surface area (Å²) in [7, 11) is 0. The second kappa shape index (κ2) is 4.72. The summed E-state index contributed by atoms with van der Waals surface area (Å²) in [5.41, 5.74) is 0. The van der Waals surface area contributed by atoms with Crippen molar-refractivity contribution in [1.82, 2.24) is 4.90 Å². The van der Waals surface area contributed by atoms with Gasteiger partial charge in [0.05, 0.1) is 18.8 Å². The van der Waals surface area contributed by atoms with Crippen LogP contribution in [0.15, 0.2) is 0 Å². The smallest absolute Gasteiger partial charge is 0.252 e. The standard InChI is InChI=1S/C12H21NO3/c1-8-5-6-13(10(8)7-14)12(15)11-4-3-9(2)16-11/h8-11,14H,3-7H2,1-2H3. The summed E-state index contributed by atoms with van der Waals surface area (Å²) in [6, 6.07) is -0.00740. The lowest BCUT2D eigenvalue weighted by molar-refractivity contribution is -0.144. The van der Waals surface area contributed by atoms with Crippen LogP contribution in [0.25, 0.3) is 0 Å². The van der Waals surface area contributed by atoms with E-state index in [-0.39, 0.29) is 30.8 Å². The zero-order chi connectivity index (χ0) is 11.7. The number of amides is 1. The SMILES string of the molecule is CC1CCC(C(=O)N2CCC(C)C2CO)O1. The van der Waals surface area contributed by atoms with Gasteiger partial charge in [0.25, 0.3) is 5.91 Å². The zero-order valence-electron chi connectivity index (χ0n) is 10.1. The van der Waals surface area contributed by atoms with Crippen molar-refractivity contribution in [3.8, 4) is 0 Å². The van der Waals surface area contributed by atoms with E-state index in [1.807, 2.05) is 11.8 Å². The summed E-state index contributed by atoms with van der Waals surface area (Å²) in [6.07, 6.45) is 2.70. The number of nitrogens with zero attached hydrogens (tertiary/aromatic N) is 1. The lowest BCUT2D eigenvalue weighted by Gasteiger charge is -2.27. The van der Waals surface area contributed by atoms with Gasteiger partial charge in [-0.15, -0.1) is 0 Å². The van der Waals surface area contributed by atoms with Crippen LogP contribution in [0.1, 0.15) is 33.1 Å². The van der Waals surface area contributed by atoms with Crippen LogP contribution >= 0.6 is 0 Å². The topological polar surface area (TPSA) is 49.8 Å². The molecule has 4 nitrogen and oxygen atoms in total. The van der Waals surface area contributed by atoms with Crippen LogP contribution in [0.4, 0.5) is 0 Å². The van der Waals surface area contributed by atoms with E-state index in [4.69, 9.17) is 4.74 Å². The van der Waals surface area contributed by atoms with Crippen molar-refractivity contribution in [2.75, 3.05) is 13.2 Å². The van der Waals surface area contributed by atoms with Crippen LogP contribution in [0, 0.1) is 5.92 Å². The molecule has 16 heavy (non-hydrogen) atoms. The van der Waals surface area contributed by atoms with Gasteiger partial charge in [-0.3, -0.25) is 4.79 Å². The van der Waals surface area contributed by atoms with Gasteiger partial charge in [-0.2, -0.15) is 0 Å². The summed E-state index contributed by atoms with van der Waals surface area (Å²) >= 11 is 0. The quantitative estimate of drug-likeness (QED) is 0.758. The Morgan fingerprint density at radius 2 is 2.12 bits per heavy atom. The van der Waals surface area contributed by atoms with Gasteiger partial charge in [0.2, 0.25) is 0 Å².